The maximum Gasteiger partial charge on any atom is 0.240 e. The molecule has 0 aromatic heterocycles. The van der Waals surface area contributed by atoms with Gasteiger partial charge >= 0.3 is 0 Å². The van der Waals surface area contributed by atoms with Crippen molar-refractivity contribution in [1.29, 1.82) is 0 Å². The van der Waals surface area contributed by atoms with Gasteiger partial charge in [-0.1, -0.05) is 12.8 Å². The summed E-state index contributed by atoms with van der Waals surface area (Å²) in [5.41, 5.74) is 5.59. The molecule has 0 heterocycles. The van der Waals surface area contributed by atoms with Gasteiger partial charge in [-0.05, 0) is 43.9 Å². The second-order valence-electron chi connectivity index (χ2n) is 5.18. The van der Waals surface area contributed by atoms with Gasteiger partial charge in [-0.2, -0.15) is 0 Å². The fourth-order valence-electron chi connectivity index (χ4n) is 2.57. The van der Waals surface area contributed by atoms with Crippen molar-refractivity contribution in [3.8, 4) is 5.75 Å². The molecule has 1 aliphatic rings. The third kappa shape index (κ3) is 3.19. The molecule has 1 fully saturated rings. The SMILES string of the molecule is CC(NS(=O)(=O)c1ccc(O)c(N)c1)C1CCCC1. The molecule has 4 N–H and O–H groups in total. The number of sulfonamides is 1. The molecule has 0 bridgehead atoms. The maximum atomic E-state index is 12.2. The van der Waals surface area contributed by atoms with E-state index in [9.17, 15) is 13.5 Å². The molecule has 1 aromatic carbocycles. The number of nitrogens with two attached hydrogens (primary N) is 1. The lowest BCUT2D eigenvalue weighted by Gasteiger charge is -2.20. The van der Waals surface area contributed by atoms with Crippen LogP contribution in [-0.2, 0) is 10.0 Å². The summed E-state index contributed by atoms with van der Waals surface area (Å²) in [6.07, 6.45) is 4.48. The zero-order valence-corrected chi connectivity index (χ0v) is 11.8. The molecule has 0 aliphatic heterocycles. The molecular formula is C13H20N2O3S. The van der Waals surface area contributed by atoms with Crippen LogP contribution >= 0.6 is 0 Å². The number of phenols is 1. The molecule has 1 saturated carbocycles. The minimum Gasteiger partial charge on any atom is -0.506 e. The van der Waals surface area contributed by atoms with Crippen LogP contribution in [0.1, 0.15) is 32.6 Å². The largest absolute Gasteiger partial charge is 0.506 e. The number of phenolic OH excluding ortho intramolecular Hbond substituents is 1. The van der Waals surface area contributed by atoms with Crippen LogP contribution in [-0.4, -0.2) is 19.6 Å². The van der Waals surface area contributed by atoms with Crippen molar-refractivity contribution in [2.75, 3.05) is 5.73 Å². The average Bonchev–Trinajstić information content (AvgIpc) is 2.85. The molecule has 1 aliphatic carbocycles. The summed E-state index contributed by atoms with van der Waals surface area (Å²) in [6, 6.07) is 3.85. The van der Waals surface area contributed by atoms with E-state index < -0.39 is 10.0 Å². The lowest BCUT2D eigenvalue weighted by molar-refractivity contribution is 0.424. The Kier molecular flexibility index (Phi) is 4.01. The highest BCUT2D eigenvalue weighted by Gasteiger charge is 2.26. The summed E-state index contributed by atoms with van der Waals surface area (Å²) in [5.74, 6) is 0.298. The molecule has 1 unspecified atom stereocenters. The lowest BCUT2D eigenvalue weighted by Crippen LogP contribution is -2.37. The summed E-state index contributed by atoms with van der Waals surface area (Å²) >= 11 is 0. The summed E-state index contributed by atoms with van der Waals surface area (Å²) in [4.78, 5) is 0.0904. The monoisotopic (exact) mass is 284 g/mol. The Morgan fingerprint density at radius 2 is 2.00 bits per heavy atom. The number of hydrogen-bond donors (Lipinski definition) is 3. The van der Waals surface area contributed by atoms with Crippen molar-refractivity contribution in [2.45, 2.75) is 43.5 Å². The molecule has 0 radical (unpaired) electrons. The zero-order valence-electron chi connectivity index (χ0n) is 11.0. The van der Waals surface area contributed by atoms with E-state index in [0.29, 0.717) is 5.92 Å². The second-order valence-corrected chi connectivity index (χ2v) is 6.89. The van der Waals surface area contributed by atoms with Crippen molar-refractivity contribution in [1.82, 2.24) is 4.72 Å². The van der Waals surface area contributed by atoms with Gasteiger partial charge in [0.1, 0.15) is 5.75 Å². The van der Waals surface area contributed by atoms with Gasteiger partial charge in [0.2, 0.25) is 10.0 Å². The Morgan fingerprint density at radius 1 is 1.37 bits per heavy atom. The van der Waals surface area contributed by atoms with Crippen LogP contribution in [0.3, 0.4) is 0 Å². The highest BCUT2D eigenvalue weighted by atomic mass is 32.2. The molecule has 106 valence electrons. The van der Waals surface area contributed by atoms with E-state index in [0.717, 1.165) is 12.8 Å². The van der Waals surface area contributed by atoms with Gasteiger partial charge in [0, 0.05) is 6.04 Å². The van der Waals surface area contributed by atoms with Crippen LogP contribution in [0.5, 0.6) is 5.75 Å². The van der Waals surface area contributed by atoms with Crippen LogP contribution in [0, 0.1) is 5.92 Å². The predicted molar refractivity (Wildman–Crippen MR) is 74.3 cm³/mol. The van der Waals surface area contributed by atoms with Gasteiger partial charge in [0.05, 0.1) is 10.6 Å². The smallest absolute Gasteiger partial charge is 0.240 e. The molecule has 1 atom stereocenters. The first-order chi connectivity index (χ1) is 8.90. The highest BCUT2D eigenvalue weighted by molar-refractivity contribution is 7.89. The van der Waals surface area contributed by atoms with E-state index in [1.165, 1.54) is 31.0 Å². The maximum absolute atomic E-state index is 12.2. The van der Waals surface area contributed by atoms with Crippen LogP contribution in [0.2, 0.25) is 0 Å². The Hall–Kier alpha value is -1.27. The number of benzene rings is 1. The first kappa shape index (κ1) is 14.1. The van der Waals surface area contributed by atoms with E-state index >= 15 is 0 Å². The van der Waals surface area contributed by atoms with Crippen molar-refractivity contribution in [3.63, 3.8) is 0 Å². The van der Waals surface area contributed by atoms with Crippen molar-refractivity contribution in [2.24, 2.45) is 5.92 Å². The standard InChI is InChI=1S/C13H20N2O3S/c1-9(10-4-2-3-5-10)15-19(17,18)11-6-7-13(16)12(14)8-11/h6-10,15-16H,2-5,14H2,1H3. The summed E-state index contributed by atoms with van der Waals surface area (Å²) in [6.45, 7) is 1.90. The fourth-order valence-corrected chi connectivity index (χ4v) is 3.91. The highest BCUT2D eigenvalue weighted by Crippen LogP contribution is 2.29. The van der Waals surface area contributed by atoms with Crippen LogP contribution in [0.15, 0.2) is 23.1 Å². The first-order valence-electron chi connectivity index (χ1n) is 6.51. The summed E-state index contributed by atoms with van der Waals surface area (Å²) in [5, 5.41) is 9.32. The van der Waals surface area contributed by atoms with Crippen molar-refractivity contribution in [3.05, 3.63) is 18.2 Å². The van der Waals surface area contributed by atoms with Crippen LogP contribution in [0.25, 0.3) is 0 Å². The molecule has 19 heavy (non-hydrogen) atoms. The van der Waals surface area contributed by atoms with E-state index in [2.05, 4.69) is 4.72 Å². The predicted octanol–water partition coefficient (Wildman–Crippen LogP) is 1.83. The molecule has 5 nitrogen and oxygen atoms in total. The van der Waals surface area contributed by atoms with Gasteiger partial charge in [-0.25, -0.2) is 13.1 Å². The van der Waals surface area contributed by atoms with Gasteiger partial charge in [0.15, 0.2) is 0 Å². The summed E-state index contributed by atoms with van der Waals surface area (Å²) in [7, 11) is -3.58. The Bertz CT molecular complexity index is 551. The molecule has 0 saturated heterocycles. The van der Waals surface area contributed by atoms with E-state index in [4.69, 9.17) is 5.73 Å². The zero-order chi connectivity index (χ0) is 14.0. The molecule has 1 aromatic rings. The topological polar surface area (TPSA) is 92.4 Å². The number of nitrogens with one attached hydrogen (secondary N) is 1. The minimum absolute atomic E-state index is 0.0661. The first-order valence-corrected chi connectivity index (χ1v) is 7.99. The third-order valence-corrected chi connectivity index (χ3v) is 5.31. The average molecular weight is 284 g/mol. The fraction of sp³-hybridized carbons (Fsp3) is 0.538. The molecule has 0 spiro atoms. The van der Waals surface area contributed by atoms with Gasteiger partial charge < -0.3 is 10.8 Å². The lowest BCUT2D eigenvalue weighted by atomic mass is 10.0. The Morgan fingerprint density at radius 3 is 2.58 bits per heavy atom. The van der Waals surface area contributed by atoms with Crippen LogP contribution < -0.4 is 10.5 Å². The van der Waals surface area contributed by atoms with Gasteiger partial charge in [0.25, 0.3) is 0 Å². The Labute approximate surface area is 113 Å². The molecule has 2 rings (SSSR count). The minimum atomic E-state index is -3.58. The van der Waals surface area contributed by atoms with Crippen LogP contribution in [0.4, 0.5) is 5.69 Å². The quantitative estimate of drug-likeness (QED) is 0.581. The molecular weight excluding hydrogens is 264 g/mol. The number of rotatable bonds is 4. The van der Waals surface area contributed by atoms with Gasteiger partial charge in [-0.15, -0.1) is 0 Å². The summed E-state index contributed by atoms with van der Waals surface area (Å²) < 4.78 is 27.1. The molecule has 0 amide bonds. The number of aromatic hydroxyl groups is 1. The van der Waals surface area contributed by atoms with E-state index in [1.54, 1.807) is 0 Å². The number of hydrogen-bond acceptors (Lipinski definition) is 4. The normalized spacial score (nSPS) is 18.6. The second kappa shape index (κ2) is 5.38. The number of anilines is 1. The van der Waals surface area contributed by atoms with Crippen molar-refractivity contribution < 1.29 is 13.5 Å². The number of nitrogen functional groups attached to an aromatic ring is 1. The third-order valence-electron chi connectivity index (χ3n) is 3.76. The van der Waals surface area contributed by atoms with E-state index in [-0.39, 0.29) is 22.4 Å². The van der Waals surface area contributed by atoms with E-state index in [1.807, 2.05) is 6.92 Å². The molecule has 6 heteroatoms. The Balaban J connectivity index is 2.15. The van der Waals surface area contributed by atoms with Crippen molar-refractivity contribution >= 4 is 15.7 Å². The van der Waals surface area contributed by atoms with Gasteiger partial charge in [-0.3, -0.25) is 0 Å².